The highest BCUT2D eigenvalue weighted by atomic mass is 16.4. The van der Waals surface area contributed by atoms with Crippen LogP contribution in [-0.2, 0) is 9.59 Å². The van der Waals surface area contributed by atoms with E-state index in [9.17, 15) is 19.5 Å². The van der Waals surface area contributed by atoms with Crippen LogP contribution in [-0.4, -0.2) is 58.5 Å². The average Bonchev–Trinajstić information content (AvgIpc) is 2.72. The molecule has 1 aliphatic rings. The number of hydrogen-bond donors (Lipinski definition) is 2. The van der Waals surface area contributed by atoms with Crippen molar-refractivity contribution in [2.24, 2.45) is 5.73 Å². The van der Waals surface area contributed by atoms with Crippen LogP contribution >= 0.6 is 0 Å². The number of carbonyl (C=O) groups is 3. The van der Waals surface area contributed by atoms with Gasteiger partial charge in [0.1, 0.15) is 12.1 Å². The maximum absolute atomic E-state index is 12.3. The lowest BCUT2D eigenvalue weighted by Crippen LogP contribution is -2.56. The second-order valence-corrected chi connectivity index (χ2v) is 4.95. The first-order valence-corrected chi connectivity index (χ1v) is 6.39. The SMILES string of the molecule is CCCC1(C(=O)O)CCCN1C(=O)N(C)CC(N)=O. The van der Waals surface area contributed by atoms with E-state index in [1.807, 2.05) is 6.92 Å². The Morgan fingerprint density at radius 3 is 2.53 bits per heavy atom. The fourth-order valence-electron chi connectivity index (χ4n) is 2.67. The molecule has 0 saturated carbocycles. The van der Waals surface area contributed by atoms with Crippen LogP contribution in [0.3, 0.4) is 0 Å². The van der Waals surface area contributed by atoms with Crippen LogP contribution in [0.25, 0.3) is 0 Å². The Bertz CT molecular complexity index is 385. The third kappa shape index (κ3) is 2.97. The maximum atomic E-state index is 12.3. The number of urea groups is 1. The summed E-state index contributed by atoms with van der Waals surface area (Å²) in [6.45, 7) is 2.07. The van der Waals surface area contributed by atoms with Crippen LogP contribution in [0.2, 0.25) is 0 Å². The van der Waals surface area contributed by atoms with Gasteiger partial charge in [0.15, 0.2) is 0 Å². The van der Waals surface area contributed by atoms with E-state index >= 15 is 0 Å². The molecule has 3 N–H and O–H groups in total. The largest absolute Gasteiger partial charge is 0.479 e. The number of likely N-dealkylation sites (tertiary alicyclic amines) is 1. The summed E-state index contributed by atoms with van der Waals surface area (Å²) >= 11 is 0. The molecule has 1 aliphatic heterocycles. The minimum atomic E-state index is -1.14. The molecule has 1 atom stereocenters. The van der Waals surface area contributed by atoms with Crippen molar-refractivity contribution in [3.05, 3.63) is 0 Å². The first-order chi connectivity index (χ1) is 8.85. The molecular weight excluding hydrogens is 250 g/mol. The van der Waals surface area contributed by atoms with Crippen LogP contribution in [0.15, 0.2) is 0 Å². The molecule has 108 valence electrons. The van der Waals surface area contributed by atoms with Crippen LogP contribution in [0.4, 0.5) is 4.79 Å². The average molecular weight is 271 g/mol. The molecule has 1 unspecified atom stereocenters. The minimum Gasteiger partial charge on any atom is -0.479 e. The van der Waals surface area contributed by atoms with Crippen molar-refractivity contribution in [2.45, 2.75) is 38.1 Å². The van der Waals surface area contributed by atoms with Gasteiger partial charge in [0.25, 0.3) is 0 Å². The molecule has 7 nitrogen and oxygen atoms in total. The standard InChI is InChI=1S/C12H21N3O4/c1-3-5-12(10(17)18)6-4-7-15(12)11(19)14(2)8-9(13)16/h3-8H2,1-2H3,(H2,13,16)(H,17,18). The molecule has 3 amide bonds. The van der Waals surface area contributed by atoms with E-state index in [0.29, 0.717) is 32.2 Å². The fourth-order valence-corrected chi connectivity index (χ4v) is 2.67. The smallest absolute Gasteiger partial charge is 0.329 e. The summed E-state index contributed by atoms with van der Waals surface area (Å²) in [5.74, 6) is -1.60. The van der Waals surface area contributed by atoms with Gasteiger partial charge in [0, 0.05) is 13.6 Å². The van der Waals surface area contributed by atoms with Gasteiger partial charge >= 0.3 is 12.0 Å². The molecule has 0 bridgehead atoms. The van der Waals surface area contributed by atoms with Crippen LogP contribution in [0, 0.1) is 0 Å². The predicted molar refractivity (Wildman–Crippen MR) is 68.4 cm³/mol. The van der Waals surface area contributed by atoms with E-state index in [4.69, 9.17) is 5.73 Å². The van der Waals surface area contributed by atoms with Crippen molar-refractivity contribution < 1.29 is 19.5 Å². The van der Waals surface area contributed by atoms with Crippen molar-refractivity contribution in [3.63, 3.8) is 0 Å². The van der Waals surface area contributed by atoms with Gasteiger partial charge in [0.2, 0.25) is 5.91 Å². The predicted octanol–water partition coefficient (Wildman–Crippen LogP) is 0.243. The summed E-state index contributed by atoms with van der Waals surface area (Å²) in [5.41, 5.74) is 3.91. The molecule has 1 heterocycles. The summed E-state index contributed by atoms with van der Waals surface area (Å²) < 4.78 is 0. The molecule has 1 saturated heterocycles. The Hall–Kier alpha value is -1.79. The lowest BCUT2D eigenvalue weighted by Gasteiger charge is -2.36. The van der Waals surface area contributed by atoms with Gasteiger partial charge in [-0.1, -0.05) is 13.3 Å². The monoisotopic (exact) mass is 271 g/mol. The van der Waals surface area contributed by atoms with Gasteiger partial charge < -0.3 is 20.6 Å². The van der Waals surface area contributed by atoms with Gasteiger partial charge in [-0.25, -0.2) is 9.59 Å². The quantitative estimate of drug-likeness (QED) is 0.747. The number of rotatable bonds is 5. The van der Waals surface area contributed by atoms with E-state index in [1.165, 1.54) is 16.8 Å². The molecule has 1 fully saturated rings. The van der Waals surface area contributed by atoms with Gasteiger partial charge in [0.05, 0.1) is 0 Å². The number of likely N-dealkylation sites (N-methyl/N-ethyl adjacent to an activating group) is 1. The second-order valence-electron chi connectivity index (χ2n) is 4.95. The van der Waals surface area contributed by atoms with E-state index in [0.717, 1.165) is 0 Å². The lowest BCUT2D eigenvalue weighted by atomic mass is 9.91. The second kappa shape index (κ2) is 5.90. The molecule has 0 aromatic carbocycles. The third-order valence-electron chi connectivity index (χ3n) is 3.50. The van der Waals surface area contributed by atoms with Crippen LogP contribution in [0.1, 0.15) is 32.6 Å². The Kier molecular flexibility index (Phi) is 4.74. The first-order valence-electron chi connectivity index (χ1n) is 6.39. The molecule has 1 rings (SSSR count). The fraction of sp³-hybridized carbons (Fsp3) is 0.750. The molecule has 7 heteroatoms. The molecule has 0 radical (unpaired) electrons. The number of aliphatic carboxylic acids is 1. The maximum Gasteiger partial charge on any atom is 0.329 e. The molecular formula is C12H21N3O4. The Labute approximate surface area is 112 Å². The lowest BCUT2D eigenvalue weighted by molar-refractivity contribution is -0.148. The topological polar surface area (TPSA) is 104 Å². The van der Waals surface area contributed by atoms with Gasteiger partial charge in [-0.2, -0.15) is 0 Å². The van der Waals surface area contributed by atoms with Gasteiger partial charge in [-0.05, 0) is 19.3 Å². The summed E-state index contributed by atoms with van der Waals surface area (Å²) in [6, 6.07) is -0.452. The normalized spacial score (nSPS) is 22.3. The molecule has 0 aliphatic carbocycles. The number of amides is 3. The number of carboxylic acids is 1. The van der Waals surface area contributed by atoms with Gasteiger partial charge in [-0.15, -0.1) is 0 Å². The molecule has 0 aromatic rings. The number of primary amides is 1. The van der Waals surface area contributed by atoms with E-state index in [1.54, 1.807) is 0 Å². The highest BCUT2D eigenvalue weighted by Crippen LogP contribution is 2.34. The first kappa shape index (κ1) is 15.3. The van der Waals surface area contributed by atoms with Crippen LogP contribution in [0.5, 0.6) is 0 Å². The molecule has 0 aromatic heterocycles. The number of carbonyl (C=O) groups excluding carboxylic acids is 2. The summed E-state index contributed by atoms with van der Waals surface area (Å²) in [5, 5.41) is 9.47. The number of nitrogens with zero attached hydrogens (tertiary/aromatic N) is 2. The van der Waals surface area contributed by atoms with Gasteiger partial charge in [-0.3, -0.25) is 4.79 Å². The van der Waals surface area contributed by atoms with Crippen molar-refractivity contribution in [1.82, 2.24) is 9.80 Å². The zero-order valence-electron chi connectivity index (χ0n) is 11.4. The van der Waals surface area contributed by atoms with Crippen molar-refractivity contribution in [3.8, 4) is 0 Å². The molecule has 19 heavy (non-hydrogen) atoms. The number of hydrogen-bond acceptors (Lipinski definition) is 3. The van der Waals surface area contributed by atoms with Crippen molar-refractivity contribution in [2.75, 3.05) is 20.1 Å². The van der Waals surface area contributed by atoms with E-state index in [-0.39, 0.29) is 6.54 Å². The number of nitrogens with two attached hydrogens (primary N) is 1. The summed E-state index contributed by atoms with van der Waals surface area (Å²) in [6.07, 6.45) is 2.20. The number of carboxylic acid groups (broad SMARTS) is 1. The summed E-state index contributed by atoms with van der Waals surface area (Å²) in [4.78, 5) is 37.2. The van der Waals surface area contributed by atoms with E-state index in [2.05, 4.69) is 0 Å². The van der Waals surface area contributed by atoms with Crippen molar-refractivity contribution in [1.29, 1.82) is 0 Å². The molecule has 0 spiro atoms. The highest BCUT2D eigenvalue weighted by molar-refractivity contribution is 5.89. The zero-order chi connectivity index (χ0) is 14.6. The Balaban J connectivity index is 2.93. The highest BCUT2D eigenvalue weighted by Gasteiger charge is 2.49. The zero-order valence-corrected chi connectivity index (χ0v) is 11.4. The summed E-state index contributed by atoms with van der Waals surface area (Å²) in [7, 11) is 1.45. The third-order valence-corrected chi connectivity index (χ3v) is 3.50. The Morgan fingerprint density at radius 2 is 2.05 bits per heavy atom. The Morgan fingerprint density at radius 1 is 1.42 bits per heavy atom. The van der Waals surface area contributed by atoms with E-state index < -0.39 is 23.4 Å². The minimum absolute atomic E-state index is 0.211. The van der Waals surface area contributed by atoms with Crippen molar-refractivity contribution >= 4 is 17.9 Å². The van der Waals surface area contributed by atoms with Crippen LogP contribution < -0.4 is 5.73 Å².